The van der Waals surface area contributed by atoms with Crippen molar-refractivity contribution in [2.75, 3.05) is 13.2 Å². The fraction of sp³-hybridized carbons (Fsp3) is 0.935. The number of unbranched alkanes of at least 4 members (excludes halogenated alkanes) is 29. The minimum Gasteiger partial charge on any atom is -0.394 e. The van der Waals surface area contributed by atoms with Crippen molar-refractivity contribution in [3.8, 4) is 0 Å². The van der Waals surface area contributed by atoms with Crippen molar-refractivity contribution in [1.29, 1.82) is 0 Å². The minimum atomic E-state index is -1.56. The Morgan fingerprint density at radius 1 is 0.600 bits per heavy atom. The molecule has 1 amide bonds. The van der Waals surface area contributed by atoms with Crippen molar-refractivity contribution >= 4 is 5.91 Å². The van der Waals surface area contributed by atoms with E-state index in [0.29, 0.717) is 6.42 Å². The molecule has 0 aromatic carbocycles. The van der Waals surface area contributed by atoms with Gasteiger partial charge in [0.05, 0.1) is 25.4 Å². The van der Waals surface area contributed by atoms with E-state index < -0.39 is 49.5 Å². The SMILES string of the molecule is CCCCCCCCCCCC=CC(O)C(COC1OC(CO)C(O)C(O)C1O)NC(=O)CCCCCCCCCCCCCCCCCCCCCCC. The van der Waals surface area contributed by atoms with Crippen LogP contribution in [0.2, 0.25) is 0 Å². The molecular weight excluding hydrogens is 695 g/mol. The van der Waals surface area contributed by atoms with Gasteiger partial charge in [-0.3, -0.25) is 4.79 Å². The van der Waals surface area contributed by atoms with Crippen molar-refractivity contribution in [3.05, 3.63) is 12.2 Å². The van der Waals surface area contributed by atoms with Gasteiger partial charge in [0, 0.05) is 6.42 Å². The number of hydrogen-bond donors (Lipinski definition) is 6. The average molecular weight is 784 g/mol. The van der Waals surface area contributed by atoms with E-state index >= 15 is 0 Å². The second-order valence-corrected chi connectivity index (χ2v) is 16.6. The first-order valence-corrected chi connectivity index (χ1v) is 23.4. The van der Waals surface area contributed by atoms with Crippen LogP contribution in [0, 0.1) is 0 Å². The van der Waals surface area contributed by atoms with Gasteiger partial charge in [-0.15, -0.1) is 0 Å². The summed E-state index contributed by atoms with van der Waals surface area (Å²) in [6, 6.07) is -0.797. The van der Waals surface area contributed by atoms with Crippen molar-refractivity contribution in [1.82, 2.24) is 5.32 Å². The Hall–Kier alpha value is -1.07. The predicted molar refractivity (Wildman–Crippen MR) is 226 cm³/mol. The summed E-state index contributed by atoms with van der Waals surface area (Å²) in [7, 11) is 0. The van der Waals surface area contributed by atoms with Gasteiger partial charge < -0.3 is 40.3 Å². The van der Waals surface area contributed by atoms with Gasteiger partial charge in [0.15, 0.2) is 6.29 Å². The highest BCUT2D eigenvalue weighted by Crippen LogP contribution is 2.23. The highest BCUT2D eigenvalue weighted by molar-refractivity contribution is 5.76. The van der Waals surface area contributed by atoms with E-state index in [0.717, 1.165) is 38.5 Å². The third kappa shape index (κ3) is 28.1. The van der Waals surface area contributed by atoms with Crippen LogP contribution in [0.1, 0.15) is 219 Å². The first-order chi connectivity index (χ1) is 26.8. The fourth-order valence-corrected chi connectivity index (χ4v) is 7.57. The van der Waals surface area contributed by atoms with Crippen molar-refractivity contribution < 1.29 is 39.8 Å². The van der Waals surface area contributed by atoms with Crippen LogP contribution in [0.4, 0.5) is 0 Å². The summed E-state index contributed by atoms with van der Waals surface area (Å²) in [4.78, 5) is 12.9. The van der Waals surface area contributed by atoms with Crippen LogP contribution in [0.15, 0.2) is 12.2 Å². The smallest absolute Gasteiger partial charge is 0.220 e. The molecule has 55 heavy (non-hydrogen) atoms. The summed E-state index contributed by atoms with van der Waals surface area (Å²) in [5.74, 6) is -0.174. The Morgan fingerprint density at radius 3 is 1.42 bits per heavy atom. The lowest BCUT2D eigenvalue weighted by Gasteiger charge is -2.40. The highest BCUT2D eigenvalue weighted by atomic mass is 16.7. The number of carbonyl (C=O) groups is 1. The molecule has 1 rings (SSSR count). The van der Waals surface area contributed by atoms with E-state index in [1.165, 1.54) is 161 Å². The second kappa shape index (κ2) is 37.2. The Kier molecular flexibility index (Phi) is 35.2. The maximum absolute atomic E-state index is 12.9. The van der Waals surface area contributed by atoms with Gasteiger partial charge in [-0.2, -0.15) is 0 Å². The molecule has 6 N–H and O–H groups in total. The first-order valence-electron chi connectivity index (χ1n) is 23.4. The summed E-state index contributed by atoms with van der Waals surface area (Å²) in [5, 5.41) is 54.1. The first kappa shape index (κ1) is 51.9. The number of nitrogens with one attached hydrogen (secondary N) is 1. The zero-order valence-corrected chi connectivity index (χ0v) is 35.7. The van der Waals surface area contributed by atoms with E-state index in [1.54, 1.807) is 6.08 Å². The Bertz CT molecular complexity index is 873. The molecule has 9 nitrogen and oxygen atoms in total. The molecule has 1 aliphatic rings. The lowest BCUT2D eigenvalue weighted by molar-refractivity contribution is -0.302. The molecule has 0 aromatic rings. The minimum absolute atomic E-state index is 0.174. The summed E-state index contributed by atoms with van der Waals surface area (Å²) >= 11 is 0. The highest BCUT2D eigenvalue weighted by Gasteiger charge is 2.44. The van der Waals surface area contributed by atoms with Crippen molar-refractivity contribution in [2.24, 2.45) is 0 Å². The molecular formula is C46H89NO8. The van der Waals surface area contributed by atoms with Crippen LogP contribution >= 0.6 is 0 Å². The molecule has 326 valence electrons. The molecule has 0 aromatic heterocycles. The van der Waals surface area contributed by atoms with Crippen LogP contribution in [-0.4, -0.2) is 87.5 Å². The molecule has 7 unspecified atom stereocenters. The Labute approximate surface area is 337 Å². The maximum Gasteiger partial charge on any atom is 0.220 e. The normalized spacial score (nSPS) is 21.3. The predicted octanol–water partition coefficient (Wildman–Crippen LogP) is 9.73. The number of amides is 1. The summed E-state index contributed by atoms with van der Waals surface area (Å²) < 4.78 is 11.2. The van der Waals surface area contributed by atoms with Crippen LogP contribution in [-0.2, 0) is 14.3 Å². The third-order valence-corrected chi connectivity index (χ3v) is 11.4. The van der Waals surface area contributed by atoms with Gasteiger partial charge in [-0.25, -0.2) is 0 Å². The van der Waals surface area contributed by atoms with E-state index in [9.17, 15) is 30.3 Å². The number of allylic oxidation sites excluding steroid dienone is 1. The molecule has 7 atom stereocenters. The summed E-state index contributed by atoms with van der Waals surface area (Å²) in [6.07, 6.45) is 35.5. The molecule has 0 aliphatic carbocycles. The largest absolute Gasteiger partial charge is 0.394 e. The maximum atomic E-state index is 12.9. The number of rotatable bonds is 39. The van der Waals surface area contributed by atoms with Gasteiger partial charge >= 0.3 is 0 Å². The van der Waals surface area contributed by atoms with E-state index in [2.05, 4.69) is 19.2 Å². The monoisotopic (exact) mass is 784 g/mol. The number of hydrogen-bond acceptors (Lipinski definition) is 8. The topological polar surface area (TPSA) is 149 Å². The van der Waals surface area contributed by atoms with Crippen LogP contribution in [0.5, 0.6) is 0 Å². The average Bonchev–Trinajstić information content (AvgIpc) is 3.18. The standard InChI is InChI=1S/C46H89NO8/c1-3-5-7-9-11-13-15-16-17-18-19-20-21-22-23-24-26-28-30-32-34-36-42(50)47-39(38-54-46-45(53)44(52)43(51)41(37-48)55-46)40(49)35-33-31-29-27-25-14-12-10-8-6-4-2/h33,35,39-41,43-46,48-49,51-53H,3-32,34,36-38H2,1-2H3,(H,47,50). The molecule has 1 aliphatic heterocycles. The molecule has 0 bridgehead atoms. The number of aliphatic hydroxyl groups is 5. The van der Waals surface area contributed by atoms with Gasteiger partial charge in [0.25, 0.3) is 0 Å². The molecule has 9 heteroatoms. The lowest BCUT2D eigenvalue weighted by Crippen LogP contribution is -2.60. The zero-order valence-electron chi connectivity index (χ0n) is 35.7. The fourth-order valence-electron chi connectivity index (χ4n) is 7.57. The number of carbonyl (C=O) groups excluding carboxylic acids is 1. The Balaban J connectivity index is 2.27. The molecule has 0 radical (unpaired) electrons. The molecule has 1 saturated heterocycles. The lowest BCUT2D eigenvalue weighted by atomic mass is 9.99. The Morgan fingerprint density at radius 2 is 1.00 bits per heavy atom. The second-order valence-electron chi connectivity index (χ2n) is 16.6. The van der Waals surface area contributed by atoms with Crippen LogP contribution < -0.4 is 5.32 Å². The molecule has 1 heterocycles. The van der Waals surface area contributed by atoms with E-state index in [1.807, 2.05) is 6.08 Å². The zero-order chi connectivity index (χ0) is 40.2. The van der Waals surface area contributed by atoms with Gasteiger partial charge in [-0.05, 0) is 19.3 Å². The molecule has 0 spiro atoms. The van der Waals surface area contributed by atoms with E-state index in [-0.39, 0.29) is 12.5 Å². The van der Waals surface area contributed by atoms with E-state index in [4.69, 9.17) is 9.47 Å². The quantitative estimate of drug-likeness (QED) is 0.0267. The number of aliphatic hydroxyl groups excluding tert-OH is 5. The van der Waals surface area contributed by atoms with Gasteiger partial charge in [0.1, 0.15) is 24.4 Å². The van der Waals surface area contributed by atoms with Crippen molar-refractivity contribution in [2.45, 2.75) is 262 Å². The molecule has 1 fully saturated rings. The summed E-state index contributed by atoms with van der Waals surface area (Å²) in [6.45, 7) is 3.77. The number of ether oxygens (including phenoxy) is 2. The molecule has 0 saturated carbocycles. The van der Waals surface area contributed by atoms with Crippen LogP contribution in [0.3, 0.4) is 0 Å². The van der Waals surface area contributed by atoms with Gasteiger partial charge in [0.2, 0.25) is 5.91 Å². The van der Waals surface area contributed by atoms with Crippen molar-refractivity contribution in [3.63, 3.8) is 0 Å². The third-order valence-electron chi connectivity index (χ3n) is 11.4. The summed E-state index contributed by atoms with van der Waals surface area (Å²) in [5.41, 5.74) is 0. The van der Waals surface area contributed by atoms with Gasteiger partial charge in [-0.1, -0.05) is 206 Å². The van der Waals surface area contributed by atoms with Crippen LogP contribution in [0.25, 0.3) is 0 Å².